The van der Waals surface area contributed by atoms with Gasteiger partial charge in [0, 0.05) is 25.7 Å². The fourth-order valence-corrected chi connectivity index (χ4v) is 5.78. The van der Waals surface area contributed by atoms with Crippen molar-refractivity contribution in [3.05, 3.63) is 0 Å². The highest BCUT2D eigenvalue weighted by Gasteiger charge is 2.55. The molecule has 0 radical (unpaired) electrons. The Morgan fingerprint density at radius 1 is 1.21 bits per heavy atom. The molecule has 0 spiro atoms. The highest BCUT2D eigenvalue weighted by Crippen LogP contribution is 2.37. The van der Waals surface area contributed by atoms with Crippen LogP contribution in [0.25, 0.3) is 0 Å². The summed E-state index contributed by atoms with van der Waals surface area (Å²) in [6.45, 7) is 5.00. The van der Waals surface area contributed by atoms with Crippen molar-refractivity contribution in [3.8, 4) is 0 Å². The van der Waals surface area contributed by atoms with E-state index in [0.29, 0.717) is 37.8 Å². The van der Waals surface area contributed by atoms with Gasteiger partial charge in [0.05, 0.1) is 5.75 Å². The minimum atomic E-state index is -0.790. The monoisotopic (exact) mass is 424 g/mol. The molecule has 8 heteroatoms. The van der Waals surface area contributed by atoms with Crippen molar-refractivity contribution in [1.82, 2.24) is 20.0 Å². The van der Waals surface area contributed by atoms with Crippen LogP contribution in [0.15, 0.2) is 0 Å². The zero-order valence-electron chi connectivity index (χ0n) is 18.1. The summed E-state index contributed by atoms with van der Waals surface area (Å²) in [5.41, 5.74) is -0.790. The zero-order chi connectivity index (χ0) is 21.0. The molecule has 1 N–H and O–H groups in total. The summed E-state index contributed by atoms with van der Waals surface area (Å²) in [6.07, 6.45) is 8.16. The smallest absolute Gasteiger partial charge is 0.325 e. The molecule has 29 heavy (non-hydrogen) atoms. The van der Waals surface area contributed by atoms with E-state index >= 15 is 0 Å². The first-order chi connectivity index (χ1) is 13.9. The van der Waals surface area contributed by atoms with Crippen LogP contribution in [-0.2, 0) is 9.59 Å². The van der Waals surface area contributed by atoms with E-state index in [1.54, 1.807) is 11.8 Å². The number of thioether (sulfide) groups is 1. The van der Waals surface area contributed by atoms with E-state index < -0.39 is 5.54 Å². The van der Waals surface area contributed by atoms with Gasteiger partial charge in [0.25, 0.3) is 5.91 Å². The average Bonchev–Trinajstić information content (AvgIpc) is 3.22. The van der Waals surface area contributed by atoms with Crippen LogP contribution in [0.3, 0.4) is 0 Å². The molecule has 0 aromatic carbocycles. The molecule has 3 rings (SSSR count). The van der Waals surface area contributed by atoms with Crippen LogP contribution in [0.2, 0.25) is 0 Å². The van der Waals surface area contributed by atoms with Gasteiger partial charge in [-0.2, -0.15) is 11.8 Å². The molecule has 7 nitrogen and oxygen atoms in total. The number of carbonyl (C=O) groups is 3. The molecule has 4 amide bonds. The number of hydrogen-bond acceptors (Lipinski definition) is 5. The first-order valence-corrected chi connectivity index (χ1v) is 12.4. The van der Waals surface area contributed by atoms with Gasteiger partial charge in [-0.25, -0.2) is 4.79 Å². The lowest BCUT2D eigenvalue weighted by molar-refractivity contribution is -0.135. The molecular formula is C21H36N4O3S. The van der Waals surface area contributed by atoms with Gasteiger partial charge in [-0.15, -0.1) is 0 Å². The van der Waals surface area contributed by atoms with Gasteiger partial charge >= 0.3 is 6.03 Å². The van der Waals surface area contributed by atoms with Crippen LogP contribution in [-0.4, -0.2) is 89.4 Å². The standard InChI is InChI=1S/C21H36N4O3S/c1-4-10-21(16-7-12-24(13-8-16)18(26)15-29-3)19(27)25(20(28)22-21)14-9-17-6-5-11-23(17)2/h16-17H,4-15H2,1-3H3,(H,22,28)/t17-,21+/m0/s1. The van der Waals surface area contributed by atoms with E-state index in [-0.39, 0.29) is 23.8 Å². The van der Waals surface area contributed by atoms with Gasteiger partial charge < -0.3 is 15.1 Å². The second-order valence-electron chi connectivity index (χ2n) is 8.76. The van der Waals surface area contributed by atoms with E-state index in [1.165, 1.54) is 11.3 Å². The third kappa shape index (κ3) is 4.58. The molecular weight excluding hydrogens is 388 g/mol. The first-order valence-electron chi connectivity index (χ1n) is 11.0. The van der Waals surface area contributed by atoms with Crippen molar-refractivity contribution in [3.63, 3.8) is 0 Å². The van der Waals surface area contributed by atoms with Crippen LogP contribution in [0.1, 0.15) is 51.9 Å². The van der Waals surface area contributed by atoms with Gasteiger partial charge in [0.2, 0.25) is 5.91 Å². The number of likely N-dealkylation sites (tertiary alicyclic amines) is 2. The number of amides is 4. The van der Waals surface area contributed by atoms with Gasteiger partial charge in [-0.05, 0) is 64.3 Å². The number of rotatable bonds is 8. The van der Waals surface area contributed by atoms with E-state index in [4.69, 9.17) is 0 Å². The maximum Gasteiger partial charge on any atom is 0.325 e. The van der Waals surface area contributed by atoms with Gasteiger partial charge in [0.15, 0.2) is 0 Å². The lowest BCUT2D eigenvalue weighted by Gasteiger charge is -2.41. The van der Waals surface area contributed by atoms with Crippen LogP contribution in [0, 0.1) is 5.92 Å². The molecule has 0 bridgehead atoms. The highest BCUT2D eigenvalue weighted by molar-refractivity contribution is 7.99. The molecule has 0 saturated carbocycles. The molecule has 3 aliphatic heterocycles. The summed E-state index contributed by atoms with van der Waals surface area (Å²) in [4.78, 5) is 44.1. The molecule has 3 saturated heterocycles. The van der Waals surface area contributed by atoms with E-state index in [1.807, 2.05) is 11.2 Å². The quantitative estimate of drug-likeness (QED) is 0.605. The van der Waals surface area contributed by atoms with Crippen LogP contribution in [0.5, 0.6) is 0 Å². The highest BCUT2D eigenvalue weighted by atomic mass is 32.2. The van der Waals surface area contributed by atoms with E-state index in [2.05, 4.69) is 24.2 Å². The Morgan fingerprint density at radius 3 is 2.52 bits per heavy atom. The summed E-state index contributed by atoms with van der Waals surface area (Å²) >= 11 is 1.54. The van der Waals surface area contributed by atoms with Crippen LogP contribution < -0.4 is 5.32 Å². The normalized spacial score (nSPS) is 29.0. The summed E-state index contributed by atoms with van der Waals surface area (Å²) in [6, 6.07) is 0.229. The fourth-order valence-electron chi connectivity index (χ4n) is 5.35. The minimum absolute atomic E-state index is 0.0427. The number of piperidine rings is 1. The summed E-state index contributed by atoms with van der Waals surface area (Å²) in [5.74, 6) is 0.726. The van der Waals surface area contributed by atoms with Crippen molar-refractivity contribution < 1.29 is 14.4 Å². The maximum atomic E-state index is 13.5. The number of nitrogens with zero attached hydrogens (tertiary/aromatic N) is 3. The molecule has 3 fully saturated rings. The number of carbonyl (C=O) groups excluding carboxylic acids is 3. The van der Waals surface area contributed by atoms with E-state index in [9.17, 15) is 14.4 Å². The molecule has 0 unspecified atom stereocenters. The summed E-state index contributed by atoms with van der Waals surface area (Å²) in [5, 5.41) is 3.11. The molecule has 0 aromatic rings. The second kappa shape index (κ2) is 9.69. The first kappa shape index (κ1) is 22.4. The lowest BCUT2D eigenvalue weighted by Crippen LogP contribution is -2.56. The Hall–Kier alpha value is -1.28. The predicted molar refractivity (Wildman–Crippen MR) is 116 cm³/mol. The predicted octanol–water partition coefficient (Wildman–Crippen LogP) is 2.16. The third-order valence-electron chi connectivity index (χ3n) is 7.02. The molecule has 0 aliphatic carbocycles. The fraction of sp³-hybridized carbons (Fsp3) is 0.857. The molecule has 3 heterocycles. The van der Waals surface area contributed by atoms with Crippen molar-refractivity contribution in [2.45, 2.75) is 63.5 Å². The van der Waals surface area contributed by atoms with Gasteiger partial charge in [-0.1, -0.05) is 13.3 Å². The van der Waals surface area contributed by atoms with Crippen molar-refractivity contribution in [2.24, 2.45) is 5.92 Å². The van der Waals surface area contributed by atoms with Crippen molar-refractivity contribution in [2.75, 3.05) is 45.2 Å². The molecule has 164 valence electrons. The molecule has 0 aromatic heterocycles. The SMILES string of the molecule is CCC[C@]1(C2CCN(C(=O)CSC)CC2)NC(=O)N(CC[C@@H]2CCCN2C)C1=O. The molecule has 3 aliphatic rings. The Bertz CT molecular complexity index is 623. The number of imide groups is 1. The Kier molecular flexibility index (Phi) is 7.48. The Balaban J connectivity index is 1.65. The Morgan fingerprint density at radius 2 is 1.93 bits per heavy atom. The summed E-state index contributed by atoms with van der Waals surface area (Å²) in [7, 11) is 2.12. The van der Waals surface area contributed by atoms with E-state index in [0.717, 1.165) is 38.6 Å². The van der Waals surface area contributed by atoms with Crippen molar-refractivity contribution in [1.29, 1.82) is 0 Å². The number of nitrogens with one attached hydrogen (secondary N) is 1. The second-order valence-corrected chi connectivity index (χ2v) is 9.63. The van der Waals surface area contributed by atoms with Crippen molar-refractivity contribution >= 4 is 29.6 Å². The van der Waals surface area contributed by atoms with Crippen LogP contribution in [0.4, 0.5) is 4.79 Å². The Labute approximate surface area is 178 Å². The van der Waals surface area contributed by atoms with Gasteiger partial charge in [-0.3, -0.25) is 14.5 Å². The topological polar surface area (TPSA) is 73.0 Å². The lowest BCUT2D eigenvalue weighted by atomic mass is 9.74. The zero-order valence-corrected chi connectivity index (χ0v) is 18.9. The minimum Gasteiger partial charge on any atom is -0.342 e. The summed E-state index contributed by atoms with van der Waals surface area (Å²) < 4.78 is 0. The maximum absolute atomic E-state index is 13.5. The average molecular weight is 425 g/mol. The third-order valence-corrected chi connectivity index (χ3v) is 7.55. The largest absolute Gasteiger partial charge is 0.342 e. The van der Waals surface area contributed by atoms with Crippen LogP contribution >= 0.6 is 11.8 Å². The molecule has 2 atom stereocenters. The van der Waals surface area contributed by atoms with Gasteiger partial charge in [0.1, 0.15) is 5.54 Å². The number of hydrogen-bond donors (Lipinski definition) is 1. The number of urea groups is 1.